The number of halogens is 1. The zero-order chi connectivity index (χ0) is 25.3. The Balaban J connectivity index is 1.53. The van der Waals surface area contributed by atoms with Crippen molar-refractivity contribution in [2.75, 3.05) is 33.2 Å². The molecule has 2 aromatic carbocycles. The normalized spacial score (nSPS) is 20.6. The number of anilines is 1. The van der Waals surface area contributed by atoms with Crippen molar-refractivity contribution in [2.24, 2.45) is 5.92 Å². The molecule has 0 saturated heterocycles. The summed E-state index contributed by atoms with van der Waals surface area (Å²) < 4.78 is 21.8. The molecule has 0 radical (unpaired) electrons. The molecule has 2 N–H and O–H groups in total. The highest BCUT2D eigenvalue weighted by molar-refractivity contribution is 6.36. The van der Waals surface area contributed by atoms with Crippen LogP contribution in [-0.4, -0.2) is 50.9 Å². The molecule has 2 aromatic rings. The van der Waals surface area contributed by atoms with E-state index in [2.05, 4.69) is 10.6 Å². The van der Waals surface area contributed by atoms with Crippen molar-refractivity contribution in [1.29, 1.82) is 0 Å². The topological polar surface area (TPSA) is 112 Å². The van der Waals surface area contributed by atoms with Crippen molar-refractivity contribution >= 4 is 34.8 Å². The second kappa shape index (κ2) is 9.50. The maximum absolute atomic E-state index is 13.5. The first-order valence-corrected chi connectivity index (χ1v) is 11.2. The summed E-state index contributed by atoms with van der Waals surface area (Å²) in [5, 5.41) is 5.84. The van der Waals surface area contributed by atoms with Crippen molar-refractivity contribution < 1.29 is 33.3 Å². The third-order valence-electron chi connectivity index (χ3n) is 6.17. The average molecular weight is 501 g/mol. The lowest BCUT2D eigenvalue weighted by atomic mass is 9.74. The van der Waals surface area contributed by atoms with Gasteiger partial charge in [-0.05, 0) is 18.6 Å². The summed E-state index contributed by atoms with van der Waals surface area (Å²) in [6.45, 7) is 1.66. The smallest absolute Gasteiger partial charge is 0.243 e. The number of methoxy groups -OCH3 is 3. The maximum atomic E-state index is 13.5. The first-order chi connectivity index (χ1) is 16.8. The summed E-state index contributed by atoms with van der Waals surface area (Å²) in [4.78, 5) is 39.3. The van der Waals surface area contributed by atoms with E-state index in [1.165, 1.54) is 33.5 Å². The van der Waals surface area contributed by atoms with Crippen LogP contribution in [0.1, 0.15) is 23.7 Å². The van der Waals surface area contributed by atoms with E-state index >= 15 is 0 Å². The average Bonchev–Trinajstić information content (AvgIpc) is 3.17. The highest BCUT2D eigenvalue weighted by Crippen LogP contribution is 2.52. The third-order valence-corrected chi connectivity index (χ3v) is 6.53. The van der Waals surface area contributed by atoms with Crippen LogP contribution in [0.4, 0.5) is 5.69 Å². The molecule has 1 heterocycles. The van der Waals surface area contributed by atoms with Gasteiger partial charge in [0.1, 0.15) is 27.8 Å². The number of nitrogens with one attached hydrogen (secondary N) is 2. The number of carbonyl (C=O) groups is 3. The van der Waals surface area contributed by atoms with Gasteiger partial charge in [0, 0.05) is 23.8 Å². The lowest BCUT2D eigenvalue weighted by Gasteiger charge is -2.35. The largest absolute Gasteiger partial charge is 0.496 e. The van der Waals surface area contributed by atoms with Crippen LogP contribution in [0, 0.1) is 5.92 Å². The number of fused-ring (bicyclic) bond motifs is 1. The van der Waals surface area contributed by atoms with Crippen LogP contribution in [0.2, 0.25) is 5.02 Å². The SMILES string of the molecule is COc1ccccc1NC(=O)CNC1=CC(=O)C2(Oc3c(Cl)c(OC)cc(OC)c3C2=O)C(C)C1. The van der Waals surface area contributed by atoms with E-state index in [4.69, 9.17) is 30.5 Å². The lowest BCUT2D eigenvalue weighted by Crippen LogP contribution is -2.55. The number of hydrogen-bond acceptors (Lipinski definition) is 8. The molecule has 35 heavy (non-hydrogen) atoms. The molecule has 1 aliphatic heterocycles. The molecule has 9 nitrogen and oxygen atoms in total. The first-order valence-electron chi connectivity index (χ1n) is 10.9. The van der Waals surface area contributed by atoms with Crippen molar-refractivity contribution in [3.8, 4) is 23.0 Å². The molecule has 1 aliphatic carbocycles. The van der Waals surface area contributed by atoms with E-state index in [1.54, 1.807) is 31.2 Å². The first kappa shape index (κ1) is 24.4. The van der Waals surface area contributed by atoms with Crippen LogP contribution >= 0.6 is 11.6 Å². The summed E-state index contributed by atoms with van der Waals surface area (Å²) in [6, 6.07) is 8.53. The van der Waals surface area contributed by atoms with E-state index in [0.717, 1.165) is 0 Å². The molecule has 2 aliphatic rings. The van der Waals surface area contributed by atoms with E-state index in [1.807, 2.05) is 0 Å². The Hall–Kier alpha value is -3.72. The predicted octanol–water partition coefficient (Wildman–Crippen LogP) is 3.40. The van der Waals surface area contributed by atoms with E-state index in [0.29, 0.717) is 23.6 Å². The predicted molar refractivity (Wildman–Crippen MR) is 129 cm³/mol. The molecule has 0 aromatic heterocycles. The van der Waals surface area contributed by atoms with Gasteiger partial charge >= 0.3 is 0 Å². The van der Waals surface area contributed by atoms with Gasteiger partial charge in [-0.15, -0.1) is 0 Å². The quantitative estimate of drug-likeness (QED) is 0.556. The number of rotatable bonds is 7. The molecular weight excluding hydrogens is 476 g/mol. The second-order valence-electron chi connectivity index (χ2n) is 8.21. The second-order valence-corrected chi connectivity index (χ2v) is 8.59. The van der Waals surface area contributed by atoms with Gasteiger partial charge in [-0.1, -0.05) is 30.7 Å². The zero-order valence-electron chi connectivity index (χ0n) is 19.7. The molecule has 10 heteroatoms. The van der Waals surface area contributed by atoms with Gasteiger partial charge in [0.15, 0.2) is 5.75 Å². The molecule has 2 unspecified atom stereocenters. The number of para-hydroxylation sites is 2. The summed E-state index contributed by atoms with van der Waals surface area (Å²) in [6.07, 6.45) is 1.60. The van der Waals surface area contributed by atoms with Gasteiger partial charge in [-0.3, -0.25) is 14.4 Å². The minimum absolute atomic E-state index is 0.0639. The van der Waals surface area contributed by atoms with Crippen molar-refractivity contribution in [2.45, 2.75) is 18.9 Å². The summed E-state index contributed by atoms with van der Waals surface area (Å²) in [5.74, 6) is -0.852. The standard InChI is InChI=1S/C25H25ClN2O7/c1-13-9-14(27-12-20(30)28-15-7-5-6-8-16(15)32-2)10-19(29)25(13)24(31)21-17(33-3)11-18(34-4)22(26)23(21)35-25/h5-8,10-11,13,27H,9,12H2,1-4H3,(H,28,30). The van der Waals surface area contributed by atoms with Gasteiger partial charge in [0.05, 0.1) is 33.6 Å². The number of allylic oxidation sites excluding steroid dienone is 1. The number of benzene rings is 2. The van der Waals surface area contributed by atoms with E-state index in [9.17, 15) is 14.4 Å². The van der Waals surface area contributed by atoms with E-state index in [-0.39, 0.29) is 40.3 Å². The summed E-state index contributed by atoms with van der Waals surface area (Å²) in [7, 11) is 4.35. The van der Waals surface area contributed by atoms with Gasteiger partial charge in [-0.25, -0.2) is 0 Å². The molecule has 0 saturated carbocycles. The highest BCUT2D eigenvalue weighted by atomic mass is 35.5. The fraction of sp³-hybridized carbons (Fsp3) is 0.320. The van der Waals surface area contributed by atoms with Crippen LogP contribution < -0.4 is 29.6 Å². The molecular formula is C25H25ClN2O7. The van der Waals surface area contributed by atoms with Crippen LogP contribution in [-0.2, 0) is 9.59 Å². The van der Waals surface area contributed by atoms with Gasteiger partial charge < -0.3 is 29.6 Å². The Morgan fingerprint density at radius 3 is 2.46 bits per heavy atom. The van der Waals surface area contributed by atoms with Crippen molar-refractivity contribution in [3.05, 3.63) is 52.7 Å². The lowest BCUT2D eigenvalue weighted by molar-refractivity contribution is -0.129. The number of ether oxygens (including phenoxy) is 4. The Bertz CT molecular complexity index is 1240. The third kappa shape index (κ3) is 4.05. The van der Waals surface area contributed by atoms with Crippen LogP contribution in [0.3, 0.4) is 0 Å². The van der Waals surface area contributed by atoms with E-state index < -0.39 is 23.1 Å². The Labute approximate surface area is 207 Å². The molecule has 0 fully saturated rings. The monoisotopic (exact) mass is 500 g/mol. The molecule has 0 bridgehead atoms. The molecule has 2 atom stereocenters. The summed E-state index contributed by atoms with van der Waals surface area (Å²) in [5.41, 5.74) is -0.603. The number of amides is 1. The fourth-order valence-electron chi connectivity index (χ4n) is 4.39. The van der Waals surface area contributed by atoms with Crippen molar-refractivity contribution in [3.63, 3.8) is 0 Å². The zero-order valence-corrected chi connectivity index (χ0v) is 20.4. The van der Waals surface area contributed by atoms with Crippen LogP contribution in [0.5, 0.6) is 23.0 Å². The van der Waals surface area contributed by atoms with Gasteiger partial charge in [0.25, 0.3) is 0 Å². The molecule has 1 amide bonds. The van der Waals surface area contributed by atoms with Crippen LogP contribution in [0.15, 0.2) is 42.1 Å². The Morgan fingerprint density at radius 1 is 1.11 bits per heavy atom. The van der Waals surface area contributed by atoms with Gasteiger partial charge in [-0.2, -0.15) is 0 Å². The molecule has 4 rings (SSSR count). The van der Waals surface area contributed by atoms with Crippen molar-refractivity contribution in [1.82, 2.24) is 5.32 Å². The van der Waals surface area contributed by atoms with Crippen LogP contribution in [0.25, 0.3) is 0 Å². The Kier molecular flexibility index (Phi) is 6.62. The van der Waals surface area contributed by atoms with Gasteiger partial charge in [0.2, 0.25) is 23.1 Å². The molecule has 184 valence electrons. The number of hydrogen-bond donors (Lipinski definition) is 2. The summed E-state index contributed by atoms with van der Waals surface area (Å²) >= 11 is 6.40. The number of Topliss-reactive ketones (excluding diaryl/α,β-unsaturated/α-hetero) is 1. The molecule has 1 spiro atoms. The maximum Gasteiger partial charge on any atom is 0.243 e. The number of carbonyl (C=O) groups excluding carboxylic acids is 3. The highest BCUT2D eigenvalue weighted by Gasteiger charge is 2.60. The minimum Gasteiger partial charge on any atom is -0.496 e. The Morgan fingerprint density at radius 2 is 1.80 bits per heavy atom. The minimum atomic E-state index is -1.77. The fourth-order valence-corrected chi connectivity index (χ4v) is 4.65. The number of ketones is 2.